The first-order valence-electron chi connectivity index (χ1n) is 4.58. The minimum absolute atomic E-state index is 0.0300. The molecule has 4 N–H and O–H groups in total. The lowest BCUT2D eigenvalue weighted by Crippen LogP contribution is -2.25. The van der Waals surface area contributed by atoms with Crippen molar-refractivity contribution in [3.63, 3.8) is 0 Å². The maximum atomic E-state index is 9.11. The molecule has 0 saturated heterocycles. The van der Waals surface area contributed by atoms with Crippen LogP contribution in [0.4, 0.5) is 11.1 Å². The molecule has 80 valence electrons. The minimum atomic E-state index is 0.0300. The highest BCUT2D eigenvalue weighted by Gasteiger charge is 2.11. The van der Waals surface area contributed by atoms with Crippen LogP contribution < -0.4 is 11.1 Å². The van der Waals surface area contributed by atoms with Crippen LogP contribution in [0.3, 0.4) is 0 Å². The van der Waals surface area contributed by atoms with Crippen LogP contribution in [0.1, 0.15) is 20.3 Å². The van der Waals surface area contributed by atoms with Crippen LogP contribution in [0.15, 0.2) is 0 Å². The van der Waals surface area contributed by atoms with Gasteiger partial charge in [-0.2, -0.15) is 9.36 Å². The number of aliphatic hydroxyl groups excluding tert-OH is 1. The van der Waals surface area contributed by atoms with Crippen molar-refractivity contribution in [2.45, 2.75) is 26.3 Å². The molecule has 0 saturated carbocycles. The SMILES string of the molecule is CC(C)CC(CO)Nc1nc(N)ns1. The van der Waals surface area contributed by atoms with Crippen molar-refractivity contribution in [2.75, 3.05) is 17.7 Å². The maximum absolute atomic E-state index is 9.11. The van der Waals surface area contributed by atoms with Gasteiger partial charge in [0.15, 0.2) is 0 Å². The van der Waals surface area contributed by atoms with Crippen LogP contribution in [0, 0.1) is 5.92 Å². The Bertz CT molecular complexity index is 276. The molecule has 0 aliphatic heterocycles. The summed E-state index contributed by atoms with van der Waals surface area (Å²) in [6.45, 7) is 4.31. The number of aromatic nitrogens is 2. The van der Waals surface area contributed by atoms with Crippen LogP contribution >= 0.6 is 11.5 Å². The fraction of sp³-hybridized carbons (Fsp3) is 0.750. The van der Waals surface area contributed by atoms with E-state index in [2.05, 4.69) is 28.5 Å². The van der Waals surface area contributed by atoms with E-state index in [1.165, 1.54) is 11.5 Å². The van der Waals surface area contributed by atoms with E-state index in [0.717, 1.165) is 6.42 Å². The molecule has 1 atom stereocenters. The van der Waals surface area contributed by atoms with Gasteiger partial charge in [-0.3, -0.25) is 0 Å². The molecule has 1 aromatic heterocycles. The van der Waals surface area contributed by atoms with Crippen LogP contribution in [0.25, 0.3) is 0 Å². The zero-order valence-electron chi connectivity index (χ0n) is 8.40. The quantitative estimate of drug-likeness (QED) is 0.682. The first-order chi connectivity index (χ1) is 6.61. The van der Waals surface area contributed by atoms with Crippen molar-refractivity contribution in [3.8, 4) is 0 Å². The topological polar surface area (TPSA) is 84.1 Å². The number of nitrogen functional groups attached to an aromatic ring is 1. The summed E-state index contributed by atoms with van der Waals surface area (Å²) in [7, 11) is 0. The molecule has 0 aliphatic rings. The molecule has 0 aromatic carbocycles. The highest BCUT2D eigenvalue weighted by atomic mass is 32.1. The Morgan fingerprint density at radius 3 is 2.71 bits per heavy atom. The van der Waals surface area contributed by atoms with E-state index >= 15 is 0 Å². The molecule has 1 rings (SSSR count). The normalized spacial score (nSPS) is 13.1. The van der Waals surface area contributed by atoms with Gasteiger partial charge >= 0.3 is 0 Å². The lowest BCUT2D eigenvalue weighted by Gasteiger charge is -2.16. The standard InChI is InChI=1S/C8H16N4OS/c1-5(2)3-6(4-13)10-8-11-7(9)12-14-8/h5-6,13H,3-4H2,1-2H3,(H3,9,10,11,12). The van der Waals surface area contributed by atoms with Gasteiger partial charge in [0.05, 0.1) is 12.6 Å². The third kappa shape index (κ3) is 3.47. The van der Waals surface area contributed by atoms with E-state index in [1.807, 2.05) is 0 Å². The number of hydrogen-bond donors (Lipinski definition) is 3. The predicted octanol–water partition coefficient (Wildman–Crippen LogP) is 0.939. The lowest BCUT2D eigenvalue weighted by molar-refractivity contribution is 0.259. The molecule has 0 aliphatic carbocycles. The van der Waals surface area contributed by atoms with Crippen LogP contribution in [0.5, 0.6) is 0 Å². The largest absolute Gasteiger partial charge is 0.394 e. The third-order valence-corrected chi connectivity index (χ3v) is 2.41. The number of aliphatic hydroxyl groups is 1. The van der Waals surface area contributed by atoms with Crippen LogP contribution in [-0.2, 0) is 0 Å². The Labute approximate surface area is 87.5 Å². The average Bonchev–Trinajstić information content (AvgIpc) is 2.49. The number of anilines is 2. The first kappa shape index (κ1) is 11.2. The average molecular weight is 216 g/mol. The van der Waals surface area contributed by atoms with Crippen LogP contribution in [-0.4, -0.2) is 27.1 Å². The van der Waals surface area contributed by atoms with Gasteiger partial charge in [-0.15, -0.1) is 0 Å². The second kappa shape index (κ2) is 5.11. The summed E-state index contributed by atoms with van der Waals surface area (Å²) in [5, 5.41) is 12.9. The van der Waals surface area contributed by atoms with Gasteiger partial charge in [0.2, 0.25) is 11.1 Å². The molecule has 14 heavy (non-hydrogen) atoms. The van der Waals surface area contributed by atoms with E-state index in [-0.39, 0.29) is 18.6 Å². The summed E-state index contributed by atoms with van der Waals surface area (Å²) in [6, 6.07) is 0.0300. The Morgan fingerprint density at radius 1 is 1.57 bits per heavy atom. The van der Waals surface area contributed by atoms with Crippen molar-refractivity contribution in [1.29, 1.82) is 0 Å². The summed E-state index contributed by atoms with van der Waals surface area (Å²) in [5.74, 6) is 0.809. The second-order valence-electron chi connectivity index (χ2n) is 3.61. The molecule has 0 fully saturated rings. The molecule has 0 spiro atoms. The number of nitrogens with one attached hydrogen (secondary N) is 1. The monoisotopic (exact) mass is 216 g/mol. The van der Waals surface area contributed by atoms with E-state index in [0.29, 0.717) is 11.0 Å². The Balaban J connectivity index is 2.48. The second-order valence-corrected chi connectivity index (χ2v) is 4.36. The van der Waals surface area contributed by atoms with Crippen molar-refractivity contribution in [1.82, 2.24) is 9.36 Å². The summed E-state index contributed by atoms with van der Waals surface area (Å²) >= 11 is 1.21. The van der Waals surface area contributed by atoms with Gasteiger partial charge in [0.1, 0.15) is 0 Å². The molecule has 1 aromatic rings. The fourth-order valence-corrected chi connectivity index (χ4v) is 1.79. The summed E-state index contributed by atoms with van der Waals surface area (Å²) in [5.41, 5.74) is 5.38. The Kier molecular flexibility index (Phi) is 4.09. The van der Waals surface area contributed by atoms with Gasteiger partial charge in [0, 0.05) is 11.5 Å². The van der Waals surface area contributed by atoms with E-state index in [9.17, 15) is 0 Å². The van der Waals surface area contributed by atoms with Gasteiger partial charge in [-0.25, -0.2) is 0 Å². The van der Waals surface area contributed by atoms with E-state index in [1.54, 1.807) is 0 Å². The zero-order valence-corrected chi connectivity index (χ0v) is 9.21. The lowest BCUT2D eigenvalue weighted by atomic mass is 10.1. The van der Waals surface area contributed by atoms with Gasteiger partial charge in [-0.1, -0.05) is 13.8 Å². The van der Waals surface area contributed by atoms with Crippen molar-refractivity contribution in [3.05, 3.63) is 0 Å². The zero-order chi connectivity index (χ0) is 10.6. The summed E-state index contributed by atoms with van der Waals surface area (Å²) < 4.78 is 3.85. The fourth-order valence-electron chi connectivity index (χ4n) is 1.22. The molecular formula is C8H16N4OS. The van der Waals surface area contributed by atoms with Crippen molar-refractivity contribution >= 4 is 22.6 Å². The number of rotatable bonds is 5. The molecule has 5 nitrogen and oxygen atoms in total. The van der Waals surface area contributed by atoms with Gasteiger partial charge in [0.25, 0.3) is 0 Å². The Morgan fingerprint density at radius 2 is 2.29 bits per heavy atom. The highest BCUT2D eigenvalue weighted by Crippen LogP contribution is 2.15. The molecule has 1 heterocycles. The first-order valence-corrected chi connectivity index (χ1v) is 5.35. The van der Waals surface area contributed by atoms with Crippen molar-refractivity contribution in [2.24, 2.45) is 5.92 Å². The third-order valence-electron chi connectivity index (χ3n) is 1.75. The number of nitrogens with two attached hydrogens (primary N) is 1. The number of hydrogen-bond acceptors (Lipinski definition) is 6. The maximum Gasteiger partial charge on any atom is 0.233 e. The van der Waals surface area contributed by atoms with Gasteiger partial charge in [-0.05, 0) is 12.3 Å². The molecule has 6 heteroatoms. The highest BCUT2D eigenvalue weighted by molar-refractivity contribution is 7.09. The molecule has 0 amide bonds. The smallest absolute Gasteiger partial charge is 0.233 e. The van der Waals surface area contributed by atoms with E-state index < -0.39 is 0 Å². The molecule has 0 bridgehead atoms. The summed E-state index contributed by atoms with van der Waals surface area (Å²) in [6.07, 6.45) is 0.899. The predicted molar refractivity (Wildman–Crippen MR) is 58.3 cm³/mol. The summed E-state index contributed by atoms with van der Waals surface area (Å²) in [4.78, 5) is 3.97. The van der Waals surface area contributed by atoms with Crippen LogP contribution in [0.2, 0.25) is 0 Å². The Hall–Kier alpha value is -0.880. The van der Waals surface area contributed by atoms with Gasteiger partial charge < -0.3 is 16.2 Å². The molecule has 0 radical (unpaired) electrons. The van der Waals surface area contributed by atoms with E-state index in [4.69, 9.17) is 10.8 Å². The van der Waals surface area contributed by atoms with Crippen molar-refractivity contribution < 1.29 is 5.11 Å². The minimum Gasteiger partial charge on any atom is -0.394 e. The molecule has 1 unspecified atom stereocenters. The molecular weight excluding hydrogens is 200 g/mol. The number of nitrogens with zero attached hydrogens (tertiary/aromatic N) is 2.